The fourth-order valence-corrected chi connectivity index (χ4v) is 8.95. The highest BCUT2D eigenvalue weighted by molar-refractivity contribution is 6.12. The van der Waals surface area contributed by atoms with Crippen LogP contribution in [0.3, 0.4) is 0 Å². The lowest BCUT2D eigenvalue weighted by molar-refractivity contribution is 1.01. The maximum absolute atomic E-state index is 5.38. The summed E-state index contributed by atoms with van der Waals surface area (Å²) in [5.74, 6) is 0.654. The van der Waals surface area contributed by atoms with Gasteiger partial charge < -0.3 is 4.57 Å². The second kappa shape index (κ2) is 12.9. The Labute approximate surface area is 334 Å². The Hall–Kier alpha value is -7.82. The molecule has 0 amide bonds. The van der Waals surface area contributed by atoms with E-state index in [9.17, 15) is 0 Å². The molecular formula is C54H34N4. The molecule has 0 aliphatic rings. The molecule has 0 saturated carbocycles. The van der Waals surface area contributed by atoms with Gasteiger partial charge in [-0.05, 0) is 93.7 Å². The Bertz CT molecular complexity index is 3560. The van der Waals surface area contributed by atoms with E-state index < -0.39 is 0 Å². The van der Waals surface area contributed by atoms with Gasteiger partial charge in [0, 0.05) is 38.2 Å². The monoisotopic (exact) mass is 738 g/mol. The summed E-state index contributed by atoms with van der Waals surface area (Å²) in [7, 11) is 0. The van der Waals surface area contributed by atoms with Gasteiger partial charge in [0.05, 0.1) is 33.3 Å². The van der Waals surface area contributed by atoms with Crippen molar-refractivity contribution in [3.05, 3.63) is 206 Å². The average Bonchev–Trinajstić information content (AvgIpc) is 3.81. The third-order valence-corrected chi connectivity index (χ3v) is 11.7. The highest BCUT2D eigenvalue weighted by Gasteiger charge is 2.19. The molecule has 4 nitrogen and oxygen atoms in total. The van der Waals surface area contributed by atoms with Crippen LogP contribution in [-0.2, 0) is 0 Å². The summed E-state index contributed by atoms with van der Waals surface area (Å²) in [5, 5.41) is 8.32. The molecule has 0 spiro atoms. The molecule has 0 atom stereocenters. The van der Waals surface area contributed by atoms with Crippen molar-refractivity contribution in [1.82, 2.24) is 19.1 Å². The second-order valence-electron chi connectivity index (χ2n) is 15.0. The summed E-state index contributed by atoms with van der Waals surface area (Å²) in [6, 6.07) is 73.9. The lowest BCUT2D eigenvalue weighted by Crippen LogP contribution is -2.03. The quantitative estimate of drug-likeness (QED) is 0.176. The standard InChI is InChI=1S/C54H34N4/c1-2-14-42(15-3-1)57-49-20-10-7-16-43(49)46-33-40(28-30-51(46)57)41-29-31-52-47(34-41)44-17-8-11-21-50(44)58(52)54-55-48-19-9-6-18-45(48)53(56-54)37-25-22-36(23-26-37)39-27-24-35-12-4-5-13-38(35)32-39/h1-34H. The molecule has 0 bridgehead atoms. The van der Waals surface area contributed by atoms with Gasteiger partial charge in [-0.2, -0.15) is 0 Å². The van der Waals surface area contributed by atoms with E-state index in [0.717, 1.165) is 44.3 Å². The molecule has 12 rings (SSSR count). The van der Waals surface area contributed by atoms with Crippen molar-refractivity contribution in [2.24, 2.45) is 0 Å². The molecule has 4 heteroatoms. The number of nitrogens with zero attached hydrogens (tertiary/aromatic N) is 4. The number of para-hydroxylation sites is 4. The number of hydrogen-bond acceptors (Lipinski definition) is 2. The molecule has 0 N–H and O–H groups in total. The highest BCUT2D eigenvalue weighted by atomic mass is 15.2. The summed E-state index contributed by atoms with van der Waals surface area (Å²) in [5.41, 5.74) is 13.3. The van der Waals surface area contributed by atoms with E-state index in [-0.39, 0.29) is 0 Å². The van der Waals surface area contributed by atoms with Crippen molar-refractivity contribution in [2.75, 3.05) is 0 Å². The lowest BCUT2D eigenvalue weighted by atomic mass is 9.99. The maximum atomic E-state index is 5.38. The van der Waals surface area contributed by atoms with E-state index in [0.29, 0.717) is 5.95 Å². The Morgan fingerprint density at radius 2 is 0.793 bits per heavy atom. The van der Waals surface area contributed by atoms with Crippen LogP contribution in [0.2, 0.25) is 0 Å². The molecule has 0 saturated heterocycles. The third kappa shape index (κ3) is 5.09. The fraction of sp³-hybridized carbons (Fsp3) is 0. The molecule has 0 aliphatic carbocycles. The van der Waals surface area contributed by atoms with E-state index >= 15 is 0 Å². The van der Waals surface area contributed by atoms with Gasteiger partial charge in [-0.1, -0.05) is 146 Å². The first-order chi connectivity index (χ1) is 28.7. The minimum atomic E-state index is 0.654. The third-order valence-electron chi connectivity index (χ3n) is 11.7. The summed E-state index contributed by atoms with van der Waals surface area (Å²) < 4.78 is 4.59. The van der Waals surface area contributed by atoms with E-state index in [1.54, 1.807) is 0 Å². The Morgan fingerprint density at radius 3 is 1.52 bits per heavy atom. The summed E-state index contributed by atoms with van der Waals surface area (Å²) in [4.78, 5) is 10.6. The van der Waals surface area contributed by atoms with Gasteiger partial charge in [-0.3, -0.25) is 4.57 Å². The minimum absolute atomic E-state index is 0.654. The van der Waals surface area contributed by atoms with Gasteiger partial charge in [0.25, 0.3) is 0 Å². The van der Waals surface area contributed by atoms with Crippen molar-refractivity contribution < 1.29 is 0 Å². The van der Waals surface area contributed by atoms with Crippen molar-refractivity contribution in [2.45, 2.75) is 0 Å². The van der Waals surface area contributed by atoms with E-state index in [1.807, 2.05) is 0 Å². The zero-order valence-electron chi connectivity index (χ0n) is 31.4. The molecule has 3 heterocycles. The number of benzene rings is 9. The van der Waals surface area contributed by atoms with Crippen molar-refractivity contribution in [3.8, 4) is 45.1 Å². The van der Waals surface area contributed by atoms with Crippen LogP contribution in [0.1, 0.15) is 0 Å². The topological polar surface area (TPSA) is 35.6 Å². The molecule has 0 fully saturated rings. The van der Waals surface area contributed by atoms with E-state index in [4.69, 9.17) is 9.97 Å². The molecule has 0 aliphatic heterocycles. The first kappa shape index (κ1) is 32.4. The average molecular weight is 739 g/mol. The smallest absolute Gasteiger partial charge is 0.235 e. The van der Waals surface area contributed by atoms with Gasteiger partial charge in [0.15, 0.2) is 0 Å². The number of hydrogen-bond donors (Lipinski definition) is 0. The maximum Gasteiger partial charge on any atom is 0.235 e. The van der Waals surface area contributed by atoms with Crippen LogP contribution in [0.4, 0.5) is 0 Å². The van der Waals surface area contributed by atoms with Crippen LogP contribution in [0.25, 0.3) is 110 Å². The first-order valence-corrected chi connectivity index (χ1v) is 19.7. The molecule has 9 aromatic carbocycles. The minimum Gasteiger partial charge on any atom is -0.309 e. The predicted molar refractivity (Wildman–Crippen MR) is 242 cm³/mol. The second-order valence-corrected chi connectivity index (χ2v) is 15.0. The van der Waals surface area contributed by atoms with E-state index in [1.165, 1.54) is 60.2 Å². The fourth-order valence-electron chi connectivity index (χ4n) is 8.95. The number of aromatic nitrogens is 4. The van der Waals surface area contributed by atoms with Crippen LogP contribution in [-0.4, -0.2) is 19.1 Å². The van der Waals surface area contributed by atoms with Crippen LogP contribution in [0.15, 0.2) is 206 Å². The zero-order chi connectivity index (χ0) is 38.2. The molecule has 58 heavy (non-hydrogen) atoms. The zero-order valence-corrected chi connectivity index (χ0v) is 31.4. The van der Waals surface area contributed by atoms with Gasteiger partial charge in [0.2, 0.25) is 5.95 Å². The van der Waals surface area contributed by atoms with Gasteiger partial charge >= 0.3 is 0 Å². The van der Waals surface area contributed by atoms with Gasteiger partial charge in [-0.15, -0.1) is 0 Å². The molecule has 12 aromatic rings. The molecule has 3 aromatic heterocycles. The van der Waals surface area contributed by atoms with Crippen molar-refractivity contribution in [1.29, 1.82) is 0 Å². The summed E-state index contributed by atoms with van der Waals surface area (Å²) in [6.07, 6.45) is 0. The van der Waals surface area contributed by atoms with Crippen LogP contribution >= 0.6 is 0 Å². The Kier molecular flexibility index (Phi) is 7.20. The van der Waals surface area contributed by atoms with Crippen molar-refractivity contribution >= 4 is 65.3 Å². The number of fused-ring (bicyclic) bond motifs is 8. The lowest BCUT2D eigenvalue weighted by Gasteiger charge is -2.12. The Balaban J connectivity index is 0.992. The van der Waals surface area contributed by atoms with Gasteiger partial charge in [-0.25, -0.2) is 9.97 Å². The largest absolute Gasteiger partial charge is 0.309 e. The molecule has 0 unspecified atom stereocenters. The summed E-state index contributed by atoms with van der Waals surface area (Å²) in [6.45, 7) is 0. The normalized spacial score (nSPS) is 11.8. The summed E-state index contributed by atoms with van der Waals surface area (Å²) >= 11 is 0. The first-order valence-electron chi connectivity index (χ1n) is 19.7. The molecule has 270 valence electrons. The van der Waals surface area contributed by atoms with E-state index in [2.05, 4.69) is 215 Å². The van der Waals surface area contributed by atoms with Gasteiger partial charge in [0.1, 0.15) is 0 Å². The number of rotatable bonds is 5. The SMILES string of the molecule is c1ccc(-n2c3ccccc3c3cc(-c4ccc5c(c4)c4ccccc4n5-c4nc(-c5ccc(-c6ccc7ccccc7c6)cc5)c5ccccc5n4)ccc32)cc1. The van der Waals surface area contributed by atoms with Crippen LogP contribution < -0.4 is 0 Å². The van der Waals surface area contributed by atoms with Crippen molar-refractivity contribution in [3.63, 3.8) is 0 Å². The molecular weight excluding hydrogens is 705 g/mol. The Morgan fingerprint density at radius 1 is 0.293 bits per heavy atom. The molecule has 0 radical (unpaired) electrons. The van der Waals surface area contributed by atoms with Crippen LogP contribution in [0.5, 0.6) is 0 Å². The highest BCUT2D eigenvalue weighted by Crippen LogP contribution is 2.39. The van der Waals surface area contributed by atoms with Crippen LogP contribution in [0, 0.1) is 0 Å². The predicted octanol–water partition coefficient (Wildman–Crippen LogP) is 14.0.